The van der Waals surface area contributed by atoms with E-state index >= 15 is 0 Å². The maximum Gasteiger partial charge on any atom is 0.260 e. The van der Waals surface area contributed by atoms with E-state index in [0.29, 0.717) is 24.8 Å². The molecule has 112 valence electrons. The van der Waals surface area contributed by atoms with Gasteiger partial charge in [0.1, 0.15) is 5.75 Å². The molecule has 0 fully saturated rings. The first kappa shape index (κ1) is 16.4. The van der Waals surface area contributed by atoms with Gasteiger partial charge in [-0.2, -0.15) is 0 Å². The number of carbonyl (C=O) groups excluding carboxylic acids is 1. The van der Waals surface area contributed by atoms with E-state index in [1.807, 2.05) is 26.1 Å². The van der Waals surface area contributed by atoms with Gasteiger partial charge in [-0.1, -0.05) is 13.8 Å². The Hall–Kier alpha value is -1.62. The predicted octanol–water partition coefficient (Wildman–Crippen LogP) is 1.65. The molecule has 1 aromatic heterocycles. The van der Waals surface area contributed by atoms with Crippen molar-refractivity contribution in [2.24, 2.45) is 5.92 Å². The van der Waals surface area contributed by atoms with Crippen LogP contribution in [0.2, 0.25) is 0 Å². The van der Waals surface area contributed by atoms with E-state index < -0.39 is 6.10 Å². The molecule has 1 heterocycles. The Balaban J connectivity index is 2.69. The van der Waals surface area contributed by atoms with Gasteiger partial charge in [-0.3, -0.25) is 9.78 Å². The van der Waals surface area contributed by atoms with Crippen molar-refractivity contribution in [1.29, 1.82) is 0 Å². The number of nitrogens with one attached hydrogen (secondary N) is 2. The predicted molar refractivity (Wildman–Crippen MR) is 79.7 cm³/mol. The molecule has 0 aliphatic heterocycles. The van der Waals surface area contributed by atoms with Gasteiger partial charge >= 0.3 is 0 Å². The van der Waals surface area contributed by atoms with Crippen LogP contribution in [0.5, 0.6) is 5.75 Å². The zero-order valence-corrected chi connectivity index (χ0v) is 13.0. The molecular formula is C15H25N3O2. The highest BCUT2D eigenvalue weighted by atomic mass is 16.5. The number of aromatic nitrogens is 1. The van der Waals surface area contributed by atoms with Crippen molar-refractivity contribution in [3.8, 4) is 5.75 Å². The highest BCUT2D eigenvalue weighted by molar-refractivity contribution is 5.80. The highest BCUT2D eigenvalue weighted by Crippen LogP contribution is 2.18. The molecule has 2 N–H and O–H groups in total. The van der Waals surface area contributed by atoms with Crippen molar-refractivity contribution in [2.75, 3.05) is 13.6 Å². The molecule has 1 aromatic rings. The molecule has 0 saturated heterocycles. The normalized spacial score (nSPS) is 12.3. The van der Waals surface area contributed by atoms with E-state index in [9.17, 15) is 4.79 Å². The number of hydrogen-bond acceptors (Lipinski definition) is 4. The number of hydrogen-bond donors (Lipinski definition) is 2. The third-order valence-corrected chi connectivity index (χ3v) is 2.77. The summed E-state index contributed by atoms with van der Waals surface area (Å²) in [5, 5.41) is 5.92. The molecule has 0 bridgehead atoms. The van der Waals surface area contributed by atoms with Crippen molar-refractivity contribution in [3.63, 3.8) is 0 Å². The first-order valence-electron chi connectivity index (χ1n) is 6.99. The maximum atomic E-state index is 11.9. The van der Waals surface area contributed by atoms with Gasteiger partial charge in [-0.05, 0) is 38.9 Å². The number of rotatable bonds is 7. The van der Waals surface area contributed by atoms with E-state index in [1.54, 1.807) is 6.92 Å². The molecule has 1 amide bonds. The fourth-order valence-electron chi connectivity index (χ4n) is 1.69. The van der Waals surface area contributed by atoms with Crippen molar-refractivity contribution in [1.82, 2.24) is 15.6 Å². The van der Waals surface area contributed by atoms with Crippen LogP contribution in [0.15, 0.2) is 12.1 Å². The number of carbonyl (C=O) groups is 1. The van der Waals surface area contributed by atoms with Crippen molar-refractivity contribution in [2.45, 2.75) is 40.3 Å². The molecule has 0 aromatic carbocycles. The van der Waals surface area contributed by atoms with E-state index in [2.05, 4.69) is 29.5 Å². The minimum Gasteiger partial charge on any atom is -0.479 e. The molecule has 0 radical (unpaired) electrons. The van der Waals surface area contributed by atoms with Crippen molar-refractivity contribution >= 4 is 5.91 Å². The standard InChI is InChI=1S/C15H25N3O2/c1-10(2)8-17-15(19)12(4)20-14-7-6-11(3)18-13(14)9-16-5/h6-7,10,12,16H,8-9H2,1-5H3,(H,17,19). The number of pyridine rings is 1. The first-order chi connectivity index (χ1) is 9.43. The summed E-state index contributed by atoms with van der Waals surface area (Å²) in [6, 6.07) is 3.74. The van der Waals surface area contributed by atoms with Gasteiger partial charge in [0.25, 0.3) is 5.91 Å². The number of amides is 1. The summed E-state index contributed by atoms with van der Waals surface area (Å²) in [6.07, 6.45) is -0.533. The summed E-state index contributed by atoms with van der Waals surface area (Å²) in [6.45, 7) is 9.06. The molecule has 1 unspecified atom stereocenters. The largest absolute Gasteiger partial charge is 0.479 e. The van der Waals surface area contributed by atoms with Gasteiger partial charge in [0.15, 0.2) is 6.10 Å². The minimum absolute atomic E-state index is 0.102. The second-order valence-corrected chi connectivity index (χ2v) is 5.33. The van der Waals surface area contributed by atoms with Crippen LogP contribution >= 0.6 is 0 Å². The smallest absolute Gasteiger partial charge is 0.260 e. The van der Waals surface area contributed by atoms with Gasteiger partial charge in [0.2, 0.25) is 0 Å². The molecule has 0 saturated carbocycles. The number of ether oxygens (including phenoxy) is 1. The Bertz CT molecular complexity index is 447. The summed E-state index contributed by atoms with van der Waals surface area (Å²) in [7, 11) is 1.85. The lowest BCUT2D eigenvalue weighted by molar-refractivity contribution is -0.127. The van der Waals surface area contributed by atoms with E-state index in [1.165, 1.54) is 0 Å². The van der Waals surface area contributed by atoms with Gasteiger partial charge in [-0.25, -0.2) is 0 Å². The summed E-state index contributed by atoms with van der Waals surface area (Å²) < 4.78 is 5.73. The fraction of sp³-hybridized carbons (Fsp3) is 0.600. The summed E-state index contributed by atoms with van der Waals surface area (Å²) in [4.78, 5) is 16.3. The van der Waals surface area contributed by atoms with E-state index in [4.69, 9.17) is 4.74 Å². The average Bonchev–Trinajstić information content (AvgIpc) is 2.39. The SMILES string of the molecule is CNCc1nc(C)ccc1OC(C)C(=O)NCC(C)C. The maximum absolute atomic E-state index is 11.9. The molecule has 0 spiro atoms. The van der Waals surface area contributed by atoms with Gasteiger partial charge in [0.05, 0.1) is 5.69 Å². The molecule has 0 aliphatic rings. The second-order valence-electron chi connectivity index (χ2n) is 5.33. The number of nitrogens with zero attached hydrogens (tertiary/aromatic N) is 1. The molecule has 20 heavy (non-hydrogen) atoms. The van der Waals surface area contributed by atoms with Crippen LogP contribution < -0.4 is 15.4 Å². The lowest BCUT2D eigenvalue weighted by Gasteiger charge is -2.17. The van der Waals surface area contributed by atoms with Crippen LogP contribution in [-0.4, -0.2) is 30.6 Å². The van der Waals surface area contributed by atoms with Crippen LogP contribution in [0, 0.1) is 12.8 Å². The summed E-state index contributed by atoms with van der Waals surface area (Å²) >= 11 is 0. The topological polar surface area (TPSA) is 63.3 Å². The van der Waals surface area contributed by atoms with Crippen molar-refractivity contribution < 1.29 is 9.53 Å². The van der Waals surface area contributed by atoms with Crippen LogP contribution in [0.25, 0.3) is 0 Å². The van der Waals surface area contributed by atoms with Crippen LogP contribution in [0.4, 0.5) is 0 Å². The molecule has 5 heteroatoms. The molecular weight excluding hydrogens is 254 g/mol. The third kappa shape index (κ3) is 5.17. The molecule has 1 rings (SSSR count). The monoisotopic (exact) mass is 279 g/mol. The summed E-state index contributed by atoms with van der Waals surface area (Å²) in [5.41, 5.74) is 1.75. The van der Waals surface area contributed by atoms with Gasteiger partial charge in [-0.15, -0.1) is 0 Å². The Morgan fingerprint density at radius 2 is 2.05 bits per heavy atom. The molecule has 0 aliphatic carbocycles. The van der Waals surface area contributed by atoms with Gasteiger partial charge in [0, 0.05) is 18.8 Å². The minimum atomic E-state index is -0.533. The Kier molecular flexibility index (Phi) is 6.45. The fourth-order valence-corrected chi connectivity index (χ4v) is 1.69. The third-order valence-electron chi connectivity index (χ3n) is 2.77. The van der Waals surface area contributed by atoms with Crippen LogP contribution in [0.3, 0.4) is 0 Å². The van der Waals surface area contributed by atoms with E-state index in [-0.39, 0.29) is 5.91 Å². The molecule has 1 atom stereocenters. The van der Waals surface area contributed by atoms with E-state index in [0.717, 1.165) is 11.4 Å². The Morgan fingerprint density at radius 3 is 2.65 bits per heavy atom. The first-order valence-corrected chi connectivity index (χ1v) is 6.99. The van der Waals surface area contributed by atoms with Crippen LogP contribution in [-0.2, 0) is 11.3 Å². The zero-order chi connectivity index (χ0) is 15.1. The summed E-state index contributed by atoms with van der Waals surface area (Å²) in [5.74, 6) is 0.971. The second kappa shape index (κ2) is 7.85. The highest BCUT2D eigenvalue weighted by Gasteiger charge is 2.16. The average molecular weight is 279 g/mol. The Labute approximate surface area is 121 Å². The zero-order valence-electron chi connectivity index (χ0n) is 13.0. The lowest BCUT2D eigenvalue weighted by Crippen LogP contribution is -2.38. The molecule has 5 nitrogen and oxygen atoms in total. The van der Waals surface area contributed by atoms with Crippen molar-refractivity contribution in [3.05, 3.63) is 23.5 Å². The van der Waals surface area contributed by atoms with Gasteiger partial charge < -0.3 is 15.4 Å². The number of aryl methyl sites for hydroxylation is 1. The quantitative estimate of drug-likeness (QED) is 0.796. The Morgan fingerprint density at radius 1 is 1.35 bits per heavy atom. The lowest BCUT2D eigenvalue weighted by atomic mass is 10.2. The van der Waals surface area contributed by atoms with Crippen LogP contribution in [0.1, 0.15) is 32.2 Å².